The van der Waals surface area contributed by atoms with E-state index in [1.54, 1.807) is 0 Å². The highest BCUT2D eigenvalue weighted by Crippen LogP contribution is 2.30. The van der Waals surface area contributed by atoms with Gasteiger partial charge in [-0.15, -0.1) is 4.52 Å². The second-order valence-corrected chi connectivity index (χ2v) is 2.08. The maximum Gasteiger partial charge on any atom is 0.699 e. The van der Waals surface area contributed by atoms with E-state index in [1.807, 2.05) is 0 Å². The van der Waals surface area contributed by atoms with Gasteiger partial charge in [-0.3, -0.25) is 5.73 Å². The molecule has 0 spiro atoms. The third-order valence-corrected chi connectivity index (χ3v) is 1.37. The Balaban J connectivity index is 2.40. The molecule has 1 saturated heterocycles. The van der Waals surface area contributed by atoms with E-state index in [1.165, 1.54) is 0 Å². The van der Waals surface area contributed by atoms with Crippen molar-refractivity contribution in [2.45, 2.75) is 6.23 Å². The molecule has 1 aliphatic rings. The SMILES string of the molecule is NC1CO[P+](=O)O1. The zero-order valence-corrected chi connectivity index (χ0v) is 4.43. The van der Waals surface area contributed by atoms with Gasteiger partial charge in [0.05, 0.1) is 0 Å². The Morgan fingerprint density at radius 3 is 2.71 bits per heavy atom. The molecule has 1 rings (SSSR count). The highest BCUT2D eigenvalue weighted by Gasteiger charge is 2.34. The summed E-state index contributed by atoms with van der Waals surface area (Å²) in [6.07, 6.45) is -0.483. The van der Waals surface area contributed by atoms with Gasteiger partial charge in [-0.2, -0.15) is 0 Å². The lowest BCUT2D eigenvalue weighted by atomic mass is 10.7. The Hall–Kier alpha value is -0.0200. The molecule has 0 aromatic heterocycles. The second kappa shape index (κ2) is 1.84. The molecule has 0 aromatic rings. The average Bonchev–Trinajstić information content (AvgIpc) is 1.87. The molecule has 0 bridgehead atoms. The van der Waals surface area contributed by atoms with Crippen LogP contribution in [-0.2, 0) is 13.6 Å². The van der Waals surface area contributed by atoms with Crippen molar-refractivity contribution in [2.75, 3.05) is 6.61 Å². The van der Waals surface area contributed by atoms with Crippen LogP contribution in [-0.4, -0.2) is 12.8 Å². The first-order valence-corrected chi connectivity index (χ1v) is 2.91. The fourth-order valence-electron chi connectivity index (χ4n) is 0.306. The van der Waals surface area contributed by atoms with Crippen LogP contribution < -0.4 is 5.73 Å². The first kappa shape index (κ1) is 5.12. The Kier molecular flexibility index (Phi) is 1.35. The summed E-state index contributed by atoms with van der Waals surface area (Å²) in [6, 6.07) is 0. The standard InChI is InChI=1S/C2H5NO3P/c3-2-1-5-7(4)6-2/h2H,1,3H2/q+1. The van der Waals surface area contributed by atoms with Gasteiger partial charge < -0.3 is 0 Å². The Morgan fingerprint density at radius 2 is 2.57 bits per heavy atom. The Morgan fingerprint density at radius 1 is 1.86 bits per heavy atom. The van der Waals surface area contributed by atoms with Crippen LogP contribution in [0.25, 0.3) is 0 Å². The molecule has 1 fully saturated rings. The van der Waals surface area contributed by atoms with Gasteiger partial charge in [-0.05, 0) is 0 Å². The van der Waals surface area contributed by atoms with E-state index in [0.717, 1.165) is 0 Å². The van der Waals surface area contributed by atoms with Gasteiger partial charge in [-0.1, -0.05) is 4.52 Å². The Labute approximate surface area is 41.5 Å². The normalized spacial score (nSPS) is 36.7. The van der Waals surface area contributed by atoms with Crippen LogP contribution >= 0.6 is 8.25 Å². The van der Waals surface area contributed by atoms with Gasteiger partial charge in [-0.25, -0.2) is 0 Å². The number of nitrogens with two attached hydrogens (primary N) is 1. The predicted octanol–water partition coefficient (Wildman–Crippen LogP) is -0.0246. The van der Waals surface area contributed by atoms with Crippen LogP contribution in [0.15, 0.2) is 0 Å². The van der Waals surface area contributed by atoms with E-state index >= 15 is 0 Å². The van der Waals surface area contributed by atoms with E-state index in [2.05, 4.69) is 9.05 Å². The third-order valence-electron chi connectivity index (χ3n) is 0.566. The lowest BCUT2D eigenvalue weighted by molar-refractivity contribution is 0.246. The summed E-state index contributed by atoms with van der Waals surface area (Å²) in [5, 5.41) is 0. The molecule has 1 aliphatic heterocycles. The van der Waals surface area contributed by atoms with Crippen molar-refractivity contribution in [3.8, 4) is 0 Å². The summed E-state index contributed by atoms with van der Waals surface area (Å²) in [7, 11) is -1.88. The van der Waals surface area contributed by atoms with E-state index in [-0.39, 0.29) is 6.61 Å². The summed E-state index contributed by atoms with van der Waals surface area (Å²) in [5.41, 5.74) is 5.09. The third kappa shape index (κ3) is 1.17. The van der Waals surface area contributed by atoms with Gasteiger partial charge in [0, 0.05) is 4.57 Å². The number of rotatable bonds is 0. The van der Waals surface area contributed by atoms with Crippen LogP contribution in [0.1, 0.15) is 0 Å². The molecule has 1 heterocycles. The van der Waals surface area contributed by atoms with E-state index in [4.69, 9.17) is 5.73 Å². The minimum absolute atomic E-state index is 0.245. The predicted molar refractivity (Wildman–Crippen MR) is 22.6 cm³/mol. The van der Waals surface area contributed by atoms with Crippen LogP contribution in [0.5, 0.6) is 0 Å². The minimum atomic E-state index is -1.88. The van der Waals surface area contributed by atoms with Gasteiger partial charge in [0.15, 0.2) is 6.23 Å². The van der Waals surface area contributed by atoms with Crippen molar-refractivity contribution in [1.82, 2.24) is 0 Å². The van der Waals surface area contributed by atoms with Crippen molar-refractivity contribution in [1.29, 1.82) is 0 Å². The average molecular weight is 122 g/mol. The smallest absolute Gasteiger partial charge is 0.300 e. The summed E-state index contributed by atoms with van der Waals surface area (Å²) in [6.45, 7) is 0.245. The summed E-state index contributed by atoms with van der Waals surface area (Å²) in [5.74, 6) is 0. The van der Waals surface area contributed by atoms with Crippen LogP contribution in [0.2, 0.25) is 0 Å². The molecule has 5 heteroatoms. The molecule has 0 saturated carbocycles. The fraction of sp³-hybridized carbons (Fsp3) is 1.00. The van der Waals surface area contributed by atoms with Crippen LogP contribution in [0.3, 0.4) is 0 Å². The minimum Gasteiger partial charge on any atom is -0.300 e. The summed E-state index contributed by atoms with van der Waals surface area (Å²) < 4.78 is 18.9. The summed E-state index contributed by atoms with van der Waals surface area (Å²) >= 11 is 0. The molecule has 0 amide bonds. The van der Waals surface area contributed by atoms with E-state index < -0.39 is 14.5 Å². The molecule has 2 unspecified atom stereocenters. The quantitative estimate of drug-likeness (QED) is 0.458. The van der Waals surface area contributed by atoms with Crippen molar-refractivity contribution >= 4 is 8.25 Å². The first-order valence-electron chi connectivity index (χ1n) is 1.81. The number of hydrogen-bond donors (Lipinski definition) is 1. The molecule has 4 nitrogen and oxygen atoms in total. The van der Waals surface area contributed by atoms with Crippen LogP contribution in [0, 0.1) is 0 Å². The van der Waals surface area contributed by atoms with Crippen molar-refractivity contribution in [3.05, 3.63) is 0 Å². The molecule has 0 aliphatic carbocycles. The second-order valence-electron chi connectivity index (χ2n) is 1.16. The van der Waals surface area contributed by atoms with Crippen molar-refractivity contribution < 1.29 is 13.6 Å². The lowest BCUT2D eigenvalue weighted by Gasteiger charge is -1.81. The maximum absolute atomic E-state index is 10.1. The zero-order chi connectivity index (χ0) is 5.28. The van der Waals surface area contributed by atoms with Gasteiger partial charge in [0.2, 0.25) is 0 Å². The van der Waals surface area contributed by atoms with Gasteiger partial charge >= 0.3 is 8.25 Å². The molecule has 7 heavy (non-hydrogen) atoms. The Bertz CT molecular complexity index is 94.9. The molecular weight excluding hydrogens is 117 g/mol. The zero-order valence-electron chi connectivity index (χ0n) is 3.53. The maximum atomic E-state index is 10.1. The topological polar surface area (TPSA) is 61.5 Å². The van der Waals surface area contributed by atoms with E-state index in [0.29, 0.717) is 0 Å². The molecule has 2 N–H and O–H groups in total. The van der Waals surface area contributed by atoms with Crippen molar-refractivity contribution in [3.63, 3.8) is 0 Å². The van der Waals surface area contributed by atoms with Gasteiger partial charge in [0.1, 0.15) is 6.61 Å². The highest BCUT2D eigenvalue weighted by molar-refractivity contribution is 7.33. The fourth-order valence-corrected chi connectivity index (χ4v) is 0.917. The largest absolute Gasteiger partial charge is 0.699 e. The lowest BCUT2D eigenvalue weighted by Crippen LogP contribution is -2.20. The molecule has 0 aromatic carbocycles. The highest BCUT2D eigenvalue weighted by atomic mass is 31.1. The van der Waals surface area contributed by atoms with Crippen LogP contribution in [0.4, 0.5) is 0 Å². The summed E-state index contributed by atoms with van der Waals surface area (Å²) in [4.78, 5) is 0. The first-order chi connectivity index (χ1) is 3.29. The monoisotopic (exact) mass is 122 g/mol. The van der Waals surface area contributed by atoms with Crippen molar-refractivity contribution in [2.24, 2.45) is 5.73 Å². The molecular formula is C2H5NO3P+. The number of hydrogen-bond acceptors (Lipinski definition) is 4. The molecule has 0 radical (unpaired) electrons. The molecule has 40 valence electrons. The molecule has 2 atom stereocenters. The van der Waals surface area contributed by atoms with E-state index in [9.17, 15) is 4.57 Å². The van der Waals surface area contributed by atoms with Gasteiger partial charge in [0.25, 0.3) is 0 Å².